The molecular weight excluding hydrogens is 1140 g/mol. The third-order valence-electron chi connectivity index (χ3n) is 14.6. The number of hydrogen-bond donors (Lipinski definition) is 0. The summed E-state index contributed by atoms with van der Waals surface area (Å²) in [6, 6.07) is 47.6. The first kappa shape index (κ1) is 61.6. The Morgan fingerprint density at radius 2 is 0.560 bits per heavy atom. The van der Waals surface area contributed by atoms with Gasteiger partial charge in [-0.15, -0.1) is 0 Å². The van der Waals surface area contributed by atoms with Crippen LogP contribution >= 0.6 is 0 Å². The Bertz CT molecular complexity index is 3480. The fourth-order valence-corrected chi connectivity index (χ4v) is 15.3. The van der Waals surface area contributed by atoms with Crippen LogP contribution in [0.2, 0.25) is 0 Å². The maximum absolute atomic E-state index is 14.9. The molecule has 0 saturated heterocycles. The Kier molecular flexibility index (Phi) is 20.1. The maximum Gasteiger partial charge on any atom is 0.243 e. The predicted octanol–water partition coefficient (Wildman–Crippen LogP) is 7.98. The minimum atomic E-state index is -4.22. The molecule has 8 aromatic rings. The number of aromatic nitrogens is 4. The van der Waals surface area contributed by atoms with Gasteiger partial charge in [0.1, 0.15) is 0 Å². The molecule has 4 aromatic heterocycles. The topological polar surface area (TPSA) is 208 Å². The molecule has 22 heteroatoms. The molecular formula is C62H70N10O8S4. The average molecular weight is 1210 g/mol. The number of pyridine rings is 4. The molecule has 18 nitrogen and oxygen atoms in total. The van der Waals surface area contributed by atoms with Gasteiger partial charge < -0.3 is 0 Å². The normalized spacial score (nSPS) is 16.4. The fourth-order valence-electron chi connectivity index (χ4n) is 9.70. The summed E-state index contributed by atoms with van der Waals surface area (Å²) in [7, 11) is -16.9. The number of rotatable bonds is 12. The first-order valence-electron chi connectivity index (χ1n) is 27.6. The van der Waals surface area contributed by atoms with Gasteiger partial charge >= 0.3 is 0 Å². The lowest BCUT2D eigenvalue weighted by Crippen LogP contribution is -2.43. The van der Waals surface area contributed by atoms with E-state index in [1.165, 1.54) is 17.2 Å². The third-order valence-corrected chi connectivity index (χ3v) is 22.0. The zero-order valence-corrected chi connectivity index (χ0v) is 50.9. The van der Waals surface area contributed by atoms with E-state index < -0.39 is 40.1 Å². The molecule has 0 amide bonds. The highest BCUT2D eigenvalue weighted by atomic mass is 32.2. The number of sulfonamides is 4. The number of benzene rings is 4. The van der Waals surface area contributed by atoms with E-state index in [2.05, 4.69) is 9.97 Å². The molecule has 5 heterocycles. The number of nitrogens with zero attached hydrogens (tertiary/aromatic N) is 10. The van der Waals surface area contributed by atoms with Gasteiger partial charge in [-0.3, -0.25) is 29.7 Å². The SMILES string of the molecule is Cc1ccc(S(=O)(=O)N2CCN(Cc3ccccn3)CCN(S(=O)(=O)c3ccc(C)cc3)Cc3cccc(n3)CN(S(=O)(=O)c3ccc(C)cc3)CCN(Cc3ccccn3)CCN(S(=O)(=O)c3ccc(C)cc3)Cc3cccc(n3)C2)cc1. The average Bonchev–Trinajstić information content (AvgIpc) is 3.19. The number of aryl methyl sites for hydroxylation is 4. The van der Waals surface area contributed by atoms with E-state index in [-0.39, 0.29) is 111 Å². The summed E-state index contributed by atoms with van der Waals surface area (Å²) in [5, 5.41) is 0. The second kappa shape index (κ2) is 27.4. The van der Waals surface area contributed by atoms with E-state index in [9.17, 15) is 33.7 Å². The van der Waals surface area contributed by atoms with Crippen LogP contribution in [0, 0.1) is 27.7 Å². The second-order valence-corrected chi connectivity index (χ2v) is 28.8. The summed E-state index contributed by atoms with van der Waals surface area (Å²) in [5.74, 6) is 0. The lowest BCUT2D eigenvalue weighted by molar-refractivity contribution is 0.217. The Balaban J connectivity index is 1.16. The van der Waals surface area contributed by atoms with E-state index in [0.717, 1.165) is 22.3 Å². The smallest absolute Gasteiger partial charge is 0.243 e. The minimum absolute atomic E-state index is 0.0642. The molecule has 0 spiro atoms. The van der Waals surface area contributed by atoms with Gasteiger partial charge in [0.05, 0.1) is 79.9 Å². The monoisotopic (exact) mass is 1210 g/mol. The Labute approximate surface area is 495 Å². The third kappa shape index (κ3) is 15.9. The maximum atomic E-state index is 14.9. The van der Waals surface area contributed by atoms with Crippen molar-refractivity contribution in [2.45, 2.75) is 86.5 Å². The van der Waals surface area contributed by atoms with Gasteiger partial charge in [0.2, 0.25) is 40.1 Å². The van der Waals surface area contributed by atoms with Gasteiger partial charge in [0, 0.05) is 77.8 Å². The molecule has 4 bridgehead atoms. The van der Waals surface area contributed by atoms with Crippen LogP contribution in [0.3, 0.4) is 0 Å². The summed E-state index contributed by atoms with van der Waals surface area (Å²) < 4.78 is 125. The van der Waals surface area contributed by atoms with Crippen LogP contribution in [0.25, 0.3) is 0 Å². The molecule has 84 heavy (non-hydrogen) atoms. The molecule has 0 atom stereocenters. The van der Waals surface area contributed by atoms with Crippen LogP contribution in [-0.4, -0.2) is 133 Å². The van der Waals surface area contributed by atoms with Gasteiger partial charge in [-0.1, -0.05) is 95.1 Å². The predicted molar refractivity (Wildman–Crippen MR) is 323 cm³/mol. The largest absolute Gasteiger partial charge is 0.295 e. The van der Waals surface area contributed by atoms with E-state index in [0.29, 0.717) is 34.2 Å². The van der Waals surface area contributed by atoms with Gasteiger partial charge in [0.15, 0.2) is 0 Å². The van der Waals surface area contributed by atoms with Gasteiger partial charge in [0.25, 0.3) is 0 Å². The van der Waals surface area contributed by atoms with Crippen LogP contribution in [0.15, 0.2) is 202 Å². The quantitative estimate of drug-likeness (QED) is 0.114. The van der Waals surface area contributed by atoms with Gasteiger partial charge in [-0.05, 0) is 125 Å². The van der Waals surface area contributed by atoms with Crippen LogP contribution in [0.5, 0.6) is 0 Å². The molecule has 0 saturated carbocycles. The van der Waals surface area contributed by atoms with Crippen molar-refractivity contribution in [3.05, 3.63) is 239 Å². The first-order valence-corrected chi connectivity index (χ1v) is 33.4. The van der Waals surface area contributed by atoms with Crippen molar-refractivity contribution < 1.29 is 33.7 Å². The minimum Gasteiger partial charge on any atom is -0.295 e. The molecule has 0 aliphatic carbocycles. The van der Waals surface area contributed by atoms with Gasteiger partial charge in [-0.25, -0.2) is 33.7 Å². The number of hydrogen-bond acceptors (Lipinski definition) is 14. The lowest BCUT2D eigenvalue weighted by Gasteiger charge is -2.30. The van der Waals surface area contributed by atoms with Gasteiger partial charge in [-0.2, -0.15) is 17.2 Å². The van der Waals surface area contributed by atoms with Crippen molar-refractivity contribution in [2.24, 2.45) is 0 Å². The highest BCUT2D eigenvalue weighted by Crippen LogP contribution is 2.26. The van der Waals surface area contributed by atoms with Crippen molar-refractivity contribution in [1.82, 2.24) is 47.0 Å². The van der Waals surface area contributed by atoms with Crippen LogP contribution in [0.1, 0.15) is 56.4 Å². The van der Waals surface area contributed by atoms with E-state index in [4.69, 9.17) is 9.97 Å². The zero-order valence-electron chi connectivity index (χ0n) is 47.6. The van der Waals surface area contributed by atoms with E-state index >= 15 is 0 Å². The summed E-state index contributed by atoms with van der Waals surface area (Å²) in [5.41, 5.74) is 6.28. The van der Waals surface area contributed by atoms with Crippen LogP contribution in [-0.2, 0) is 79.4 Å². The zero-order chi connectivity index (χ0) is 59.5. The molecule has 1 aliphatic heterocycles. The molecule has 0 unspecified atom stereocenters. The summed E-state index contributed by atoms with van der Waals surface area (Å²) >= 11 is 0. The molecule has 4 aromatic carbocycles. The summed E-state index contributed by atoms with van der Waals surface area (Å²) in [4.78, 5) is 23.3. The lowest BCUT2D eigenvalue weighted by atomic mass is 10.2. The molecule has 0 N–H and O–H groups in total. The summed E-state index contributed by atoms with van der Waals surface area (Å²) in [6.07, 6.45) is 3.32. The van der Waals surface area contributed by atoms with Crippen molar-refractivity contribution in [3.8, 4) is 0 Å². The number of fused-ring (bicyclic) bond motifs is 4. The Morgan fingerprint density at radius 1 is 0.310 bits per heavy atom. The Hall–Kier alpha value is -6.96. The highest BCUT2D eigenvalue weighted by molar-refractivity contribution is 7.90. The van der Waals surface area contributed by atoms with Crippen molar-refractivity contribution in [2.75, 3.05) is 52.4 Å². The molecule has 0 radical (unpaired) electrons. The van der Waals surface area contributed by atoms with E-state index in [1.807, 2.05) is 61.8 Å². The fraction of sp³-hybridized carbons (Fsp3) is 0.290. The first-order chi connectivity index (χ1) is 40.2. The highest BCUT2D eigenvalue weighted by Gasteiger charge is 2.32. The Morgan fingerprint density at radius 3 is 0.786 bits per heavy atom. The van der Waals surface area contributed by atoms with Crippen LogP contribution < -0.4 is 0 Å². The molecule has 440 valence electrons. The van der Waals surface area contributed by atoms with Crippen molar-refractivity contribution >= 4 is 40.1 Å². The van der Waals surface area contributed by atoms with E-state index in [1.54, 1.807) is 158 Å². The van der Waals surface area contributed by atoms with Crippen molar-refractivity contribution in [1.29, 1.82) is 0 Å². The second-order valence-electron chi connectivity index (χ2n) is 21.0. The molecule has 9 rings (SSSR count). The molecule has 1 aliphatic rings. The standard InChI is InChI=1S/C62H70N10O8S4/c1-49-17-25-59(26-18-49)81(73,74)69-39-35-67(43-53-11-5-7-33-63-53)36-40-70(82(75,76)60-27-19-50(2)20-28-60)47-57-15-10-16-58(66-57)48-72(84(79,80)62-31-23-52(4)24-32-62)42-38-68(44-54-12-6-8-34-64-54)37-41-71(46-56-14-9-13-55(45-69)65-56)83(77,78)61-29-21-51(3)22-30-61/h5-34H,35-48H2,1-4H3. The summed E-state index contributed by atoms with van der Waals surface area (Å²) in [6.45, 7) is 7.41. The van der Waals surface area contributed by atoms with Crippen LogP contribution in [0.4, 0.5) is 0 Å². The molecule has 0 fully saturated rings. The van der Waals surface area contributed by atoms with Crippen molar-refractivity contribution in [3.63, 3.8) is 0 Å².